The fraction of sp³-hybridized carbons (Fsp3) is 0.765. The number of carbonyl (C=O) groups excluding carboxylic acids is 2. The summed E-state index contributed by atoms with van der Waals surface area (Å²) in [5.41, 5.74) is 0.569. The van der Waals surface area contributed by atoms with Gasteiger partial charge in [-0.15, -0.1) is 5.10 Å². The molecule has 1 aliphatic heterocycles. The highest BCUT2D eigenvalue weighted by Crippen LogP contribution is 2.18. The molecule has 7 nitrogen and oxygen atoms in total. The van der Waals surface area contributed by atoms with Gasteiger partial charge < -0.3 is 15.5 Å². The van der Waals surface area contributed by atoms with Gasteiger partial charge in [0.05, 0.1) is 5.69 Å². The highest BCUT2D eigenvalue weighted by atomic mass is 32.1. The minimum Gasteiger partial charge on any atom is -0.351 e. The molecule has 0 aliphatic carbocycles. The average Bonchev–Trinajstić information content (AvgIpc) is 3.00. The van der Waals surface area contributed by atoms with Gasteiger partial charge in [-0.3, -0.25) is 4.79 Å². The lowest BCUT2D eigenvalue weighted by molar-refractivity contribution is 0.0940. The fourth-order valence-electron chi connectivity index (χ4n) is 2.84. The van der Waals surface area contributed by atoms with Crippen molar-refractivity contribution in [2.75, 3.05) is 19.6 Å². The summed E-state index contributed by atoms with van der Waals surface area (Å²) in [6, 6.07) is -0.00470. The van der Waals surface area contributed by atoms with Gasteiger partial charge in [-0.25, -0.2) is 4.79 Å². The van der Waals surface area contributed by atoms with E-state index in [9.17, 15) is 9.59 Å². The summed E-state index contributed by atoms with van der Waals surface area (Å²) >= 11 is 1.16. The summed E-state index contributed by atoms with van der Waals surface area (Å²) in [4.78, 5) is 27.0. The molecule has 0 saturated carbocycles. The van der Waals surface area contributed by atoms with Crippen molar-refractivity contribution in [3.63, 3.8) is 0 Å². The molecule has 2 N–H and O–H groups in total. The number of nitrogens with zero attached hydrogens (tertiary/aromatic N) is 3. The second-order valence-electron chi connectivity index (χ2n) is 7.62. The molecule has 3 amide bonds. The zero-order chi connectivity index (χ0) is 18.4. The van der Waals surface area contributed by atoms with Crippen LogP contribution >= 0.6 is 11.5 Å². The summed E-state index contributed by atoms with van der Waals surface area (Å²) < 4.78 is 3.89. The molecule has 140 valence electrons. The summed E-state index contributed by atoms with van der Waals surface area (Å²) in [7, 11) is 0. The number of hydrogen-bond donors (Lipinski definition) is 2. The monoisotopic (exact) mass is 367 g/mol. The molecule has 0 radical (unpaired) electrons. The highest BCUT2D eigenvalue weighted by molar-refractivity contribution is 7.08. The van der Waals surface area contributed by atoms with Gasteiger partial charge in [0.15, 0.2) is 0 Å². The van der Waals surface area contributed by atoms with E-state index in [4.69, 9.17) is 0 Å². The largest absolute Gasteiger partial charge is 0.351 e. The Kier molecular flexibility index (Phi) is 6.75. The molecular formula is C17H29N5O2S. The predicted octanol–water partition coefficient (Wildman–Crippen LogP) is 2.44. The first kappa shape index (κ1) is 19.6. The summed E-state index contributed by atoms with van der Waals surface area (Å²) in [5, 5.41) is 10.0. The zero-order valence-corrected chi connectivity index (χ0v) is 16.4. The maximum Gasteiger partial charge on any atom is 0.317 e. The number of likely N-dealkylation sites (tertiary alicyclic amines) is 1. The molecule has 0 unspecified atom stereocenters. The number of aryl methyl sites for hydroxylation is 1. The van der Waals surface area contributed by atoms with E-state index in [0.717, 1.165) is 56.0 Å². The third kappa shape index (κ3) is 5.95. The maximum absolute atomic E-state index is 12.3. The van der Waals surface area contributed by atoms with Gasteiger partial charge in [0.2, 0.25) is 0 Å². The van der Waals surface area contributed by atoms with Gasteiger partial charge in [0.1, 0.15) is 4.88 Å². The van der Waals surface area contributed by atoms with E-state index >= 15 is 0 Å². The van der Waals surface area contributed by atoms with E-state index in [2.05, 4.69) is 27.1 Å². The van der Waals surface area contributed by atoms with Crippen LogP contribution in [-0.4, -0.2) is 51.6 Å². The van der Waals surface area contributed by atoms with Crippen LogP contribution in [0, 0.1) is 5.92 Å². The molecule has 0 atom stereocenters. The average molecular weight is 368 g/mol. The molecule has 0 spiro atoms. The summed E-state index contributed by atoms with van der Waals surface area (Å²) in [5.74, 6) is 0.324. The zero-order valence-electron chi connectivity index (χ0n) is 15.6. The Morgan fingerprint density at radius 3 is 2.56 bits per heavy atom. The van der Waals surface area contributed by atoms with Crippen LogP contribution < -0.4 is 10.6 Å². The molecule has 2 heterocycles. The van der Waals surface area contributed by atoms with Crippen molar-refractivity contribution in [1.82, 2.24) is 25.1 Å². The van der Waals surface area contributed by atoms with Crippen LogP contribution in [0.15, 0.2) is 0 Å². The molecule has 1 saturated heterocycles. The predicted molar refractivity (Wildman–Crippen MR) is 98.8 cm³/mol. The number of piperidine rings is 1. The van der Waals surface area contributed by atoms with E-state index in [1.165, 1.54) is 0 Å². The molecule has 1 aliphatic rings. The lowest BCUT2D eigenvalue weighted by Crippen LogP contribution is -2.51. The van der Waals surface area contributed by atoms with Crippen molar-refractivity contribution in [1.29, 1.82) is 0 Å². The first-order valence-corrected chi connectivity index (χ1v) is 9.74. The van der Waals surface area contributed by atoms with Gasteiger partial charge >= 0.3 is 6.03 Å². The number of hydrogen-bond acceptors (Lipinski definition) is 5. The minimum atomic E-state index is -0.221. The van der Waals surface area contributed by atoms with E-state index in [1.807, 2.05) is 25.7 Å². The Bertz CT molecular complexity index is 588. The third-order valence-electron chi connectivity index (χ3n) is 4.18. The first-order valence-electron chi connectivity index (χ1n) is 8.96. The second kappa shape index (κ2) is 8.60. The Labute approximate surface area is 153 Å². The molecule has 2 rings (SSSR count). The number of rotatable bonds is 5. The molecule has 1 aromatic rings. The molecule has 8 heteroatoms. The van der Waals surface area contributed by atoms with Crippen LogP contribution in [0.2, 0.25) is 0 Å². The fourth-order valence-corrected chi connectivity index (χ4v) is 3.46. The molecule has 0 aromatic carbocycles. The lowest BCUT2D eigenvalue weighted by atomic mass is 9.97. The smallest absolute Gasteiger partial charge is 0.317 e. The van der Waals surface area contributed by atoms with Gasteiger partial charge in [-0.1, -0.05) is 17.8 Å². The van der Waals surface area contributed by atoms with Crippen LogP contribution in [0.3, 0.4) is 0 Å². The van der Waals surface area contributed by atoms with E-state index in [1.54, 1.807) is 0 Å². The molecule has 25 heavy (non-hydrogen) atoms. The quantitative estimate of drug-likeness (QED) is 0.837. The van der Waals surface area contributed by atoms with Crippen molar-refractivity contribution in [2.45, 2.75) is 58.9 Å². The van der Waals surface area contributed by atoms with Crippen molar-refractivity contribution in [3.8, 4) is 0 Å². The SMILES string of the molecule is CCCc1nnsc1C(=O)NCC1CCN(C(=O)NC(C)(C)C)CC1. The Morgan fingerprint density at radius 1 is 1.28 bits per heavy atom. The van der Waals surface area contributed by atoms with E-state index < -0.39 is 0 Å². The van der Waals surface area contributed by atoms with E-state index in [-0.39, 0.29) is 17.5 Å². The minimum absolute atomic E-state index is 0.00470. The van der Waals surface area contributed by atoms with Gasteiger partial charge in [0.25, 0.3) is 5.91 Å². The van der Waals surface area contributed by atoms with Crippen LogP contribution in [-0.2, 0) is 6.42 Å². The van der Waals surface area contributed by atoms with Crippen molar-refractivity contribution < 1.29 is 9.59 Å². The van der Waals surface area contributed by atoms with E-state index in [0.29, 0.717) is 17.3 Å². The number of carbonyl (C=O) groups is 2. The molecule has 1 fully saturated rings. The second-order valence-corrected chi connectivity index (χ2v) is 8.37. The highest BCUT2D eigenvalue weighted by Gasteiger charge is 2.26. The van der Waals surface area contributed by atoms with Crippen LogP contribution in [0.5, 0.6) is 0 Å². The summed E-state index contributed by atoms with van der Waals surface area (Å²) in [6.45, 7) is 10.1. The van der Waals surface area contributed by atoms with Crippen LogP contribution in [0.4, 0.5) is 4.79 Å². The topological polar surface area (TPSA) is 87.2 Å². The molecule has 0 bridgehead atoms. The number of amides is 3. The van der Waals surface area contributed by atoms with Crippen molar-refractivity contribution >= 4 is 23.5 Å². The van der Waals surface area contributed by atoms with Gasteiger partial charge in [-0.2, -0.15) is 0 Å². The van der Waals surface area contributed by atoms with Crippen LogP contribution in [0.1, 0.15) is 62.3 Å². The van der Waals surface area contributed by atoms with Crippen molar-refractivity contribution in [3.05, 3.63) is 10.6 Å². The van der Waals surface area contributed by atoms with Gasteiger partial charge in [0, 0.05) is 25.2 Å². The lowest BCUT2D eigenvalue weighted by Gasteiger charge is -2.34. The number of nitrogens with one attached hydrogen (secondary N) is 2. The molecule has 1 aromatic heterocycles. The third-order valence-corrected chi connectivity index (χ3v) is 4.95. The van der Waals surface area contributed by atoms with Gasteiger partial charge in [-0.05, 0) is 57.5 Å². The van der Waals surface area contributed by atoms with Crippen LogP contribution in [0.25, 0.3) is 0 Å². The number of urea groups is 1. The number of aromatic nitrogens is 2. The Balaban J connectivity index is 1.76. The standard InChI is InChI=1S/C17H29N5O2S/c1-5-6-13-14(25-21-20-13)15(23)18-11-12-7-9-22(10-8-12)16(24)19-17(2,3)4/h12H,5-11H2,1-4H3,(H,18,23)(H,19,24). The Hall–Kier alpha value is -1.70. The normalized spacial score (nSPS) is 15.9. The van der Waals surface area contributed by atoms with Crippen molar-refractivity contribution in [2.24, 2.45) is 5.92 Å². The molecular weight excluding hydrogens is 338 g/mol. The first-order chi connectivity index (χ1) is 11.8. The Morgan fingerprint density at radius 2 is 1.96 bits per heavy atom. The summed E-state index contributed by atoms with van der Waals surface area (Å²) in [6.07, 6.45) is 3.53. The maximum atomic E-state index is 12.3.